The van der Waals surface area contributed by atoms with Crippen LogP contribution in [0.4, 0.5) is 0 Å². The van der Waals surface area contributed by atoms with Gasteiger partial charge in [0.05, 0.1) is 0 Å². The van der Waals surface area contributed by atoms with Gasteiger partial charge in [-0.3, -0.25) is 0 Å². The summed E-state index contributed by atoms with van der Waals surface area (Å²) in [5, 5.41) is 1.10. The van der Waals surface area contributed by atoms with Gasteiger partial charge in [0.25, 0.3) is 0 Å². The second-order valence-electron chi connectivity index (χ2n) is 5.46. The molecule has 0 heterocycles. The first-order valence-electron chi connectivity index (χ1n) is 8.02. The fraction of sp³-hybridized carbons (Fsp3) is 0.882. The molecular formula is C17H33Br. The van der Waals surface area contributed by atoms with Gasteiger partial charge in [0.2, 0.25) is 0 Å². The predicted molar refractivity (Wildman–Crippen MR) is 88.6 cm³/mol. The van der Waals surface area contributed by atoms with Crippen LogP contribution in [-0.2, 0) is 0 Å². The lowest BCUT2D eigenvalue weighted by molar-refractivity contribution is 0.556. The van der Waals surface area contributed by atoms with Crippen molar-refractivity contribution in [3.8, 4) is 0 Å². The lowest BCUT2D eigenvalue weighted by Gasteiger charge is -2.03. The van der Waals surface area contributed by atoms with E-state index in [0.717, 1.165) is 5.33 Å². The van der Waals surface area contributed by atoms with E-state index in [9.17, 15) is 0 Å². The highest BCUT2D eigenvalue weighted by Gasteiger charge is 1.94. The molecule has 108 valence electrons. The Hall–Kier alpha value is 0.220. The van der Waals surface area contributed by atoms with E-state index < -0.39 is 0 Å². The van der Waals surface area contributed by atoms with E-state index >= 15 is 0 Å². The minimum Gasteiger partial charge on any atom is -0.0925 e. The first-order valence-corrected chi connectivity index (χ1v) is 9.15. The van der Waals surface area contributed by atoms with Crippen LogP contribution in [-0.4, -0.2) is 5.33 Å². The molecule has 0 aliphatic rings. The molecule has 0 atom stereocenters. The Balaban J connectivity index is 3.11. The van der Waals surface area contributed by atoms with Gasteiger partial charge in [0.1, 0.15) is 0 Å². The van der Waals surface area contributed by atoms with Gasteiger partial charge in [0.15, 0.2) is 0 Å². The van der Waals surface area contributed by atoms with Gasteiger partial charge in [0, 0.05) is 5.33 Å². The Morgan fingerprint density at radius 2 is 1.33 bits per heavy atom. The Kier molecular flexibility index (Phi) is 15.5. The van der Waals surface area contributed by atoms with Crippen molar-refractivity contribution in [3.63, 3.8) is 0 Å². The van der Waals surface area contributed by atoms with Gasteiger partial charge in [-0.15, -0.1) is 0 Å². The summed E-state index contributed by atoms with van der Waals surface area (Å²) in [6, 6.07) is 0. The van der Waals surface area contributed by atoms with Gasteiger partial charge in [-0.05, 0) is 26.2 Å². The molecule has 0 nitrogen and oxygen atoms in total. The number of halogens is 1. The maximum absolute atomic E-state index is 3.47. The monoisotopic (exact) mass is 316 g/mol. The summed E-state index contributed by atoms with van der Waals surface area (Å²) >= 11 is 3.47. The molecule has 0 aromatic carbocycles. The van der Waals surface area contributed by atoms with Crippen LogP contribution < -0.4 is 0 Å². The second-order valence-corrected chi connectivity index (χ2v) is 6.25. The van der Waals surface area contributed by atoms with Crippen LogP contribution in [0.1, 0.15) is 90.9 Å². The van der Waals surface area contributed by atoms with Gasteiger partial charge < -0.3 is 0 Å². The second kappa shape index (κ2) is 15.3. The highest BCUT2D eigenvalue weighted by Crippen LogP contribution is 2.13. The molecule has 1 heteroatoms. The standard InChI is InChI=1S/C17H33Br/c1-3-4-5-6-7-8-9-10-11-12-14-17(2)15-13-16-18/h15H,3-14,16H2,1-2H3. The van der Waals surface area contributed by atoms with Crippen LogP contribution in [0.5, 0.6) is 0 Å². The van der Waals surface area contributed by atoms with Crippen LogP contribution >= 0.6 is 15.9 Å². The molecule has 0 aromatic rings. The highest BCUT2D eigenvalue weighted by molar-refractivity contribution is 9.09. The van der Waals surface area contributed by atoms with E-state index in [1.54, 1.807) is 5.57 Å². The SMILES string of the molecule is CCCCCCCCCCCCC(C)=CCCBr. The third-order valence-electron chi connectivity index (χ3n) is 3.53. The van der Waals surface area contributed by atoms with E-state index in [1.807, 2.05) is 0 Å². The van der Waals surface area contributed by atoms with E-state index in [-0.39, 0.29) is 0 Å². The zero-order valence-corrected chi connectivity index (χ0v) is 14.2. The van der Waals surface area contributed by atoms with E-state index in [2.05, 4.69) is 35.9 Å². The largest absolute Gasteiger partial charge is 0.0925 e. The molecule has 0 unspecified atom stereocenters. The van der Waals surface area contributed by atoms with Crippen molar-refractivity contribution in [1.82, 2.24) is 0 Å². The molecule has 0 bridgehead atoms. The molecule has 0 spiro atoms. The van der Waals surface area contributed by atoms with Gasteiger partial charge >= 0.3 is 0 Å². The van der Waals surface area contributed by atoms with E-state index in [4.69, 9.17) is 0 Å². The summed E-state index contributed by atoms with van der Waals surface area (Å²) < 4.78 is 0. The summed E-state index contributed by atoms with van der Waals surface area (Å²) in [5.41, 5.74) is 1.58. The quantitative estimate of drug-likeness (QED) is 0.194. The highest BCUT2D eigenvalue weighted by atomic mass is 79.9. The third-order valence-corrected chi connectivity index (χ3v) is 3.98. The number of rotatable bonds is 13. The normalized spacial score (nSPS) is 12.1. The summed E-state index contributed by atoms with van der Waals surface area (Å²) in [6.07, 6.45) is 19.2. The number of hydrogen-bond donors (Lipinski definition) is 0. The predicted octanol–water partition coefficient (Wildman–Crippen LogP) is 7.03. The fourth-order valence-electron chi connectivity index (χ4n) is 2.29. The first kappa shape index (κ1) is 18.2. The van der Waals surface area contributed by atoms with Crippen LogP contribution in [0, 0.1) is 0 Å². The molecule has 0 fully saturated rings. The number of alkyl halides is 1. The molecule has 0 radical (unpaired) electrons. The molecule has 18 heavy (non-hydrogen) atoms. The average molecular weight is 317 g/mol. The number of unbranched alkanes of at least 4 members (excludes halogenated alkanes) is 9. The summed E-state index contributed by atoms with van der Waals surface area (Å²) in [5.74, 6) is 0. The minimum absolute atomic E-state index is 1.10. The zero-order valence-electron chi connectivity index (χ0n) is 12.6. The van der Waals surface area contributed by atoms with Crippen molar-refractivity contribution in [2.75, 3.05) is 5.33 Å². The molecule has 0 aromatic heterocycles. The minimum atomic E-state index is 1.10. The Bertz CT molecular complexity index is 184. The maximum Gasteiger partial charge on any atom is 0.00660 e. The Morgan fingerprint density at radius 3 is 1.83 bits per heavy atom. The smallest absolute Gasteiger partial charge is 0.00660 e. The molecular weight excluding hydrogens is 284 g/mol. The van der Waals surface area contributed by atoms with Crippen molar-refractivity contribution < 1.29 is 0 Å². The average Bonchev–Trinajstić information content (AvgIpc) is 2.38. The summed E-state index contributed by atoms with van der Waals surface area (Å²) in [6.45, 7) is 4.56. The molecule has 0 saturated carbocycles. The zero-order chi connectivity index (χ0) is 13.5. The van der Waals surface area contributed by atoms with E-state index in [0.29, 0.717) is 0 Å². The number of hydrogen-bond acceptors (Lipinski definition) is 0. The van der Waals surface area contributed by atoms with Crippen molar-refractivity contribution in [3.05, 3.63) is 11.6 Å². The molecule has 0 N–H and O–H groups in total. The lowest BCUT2D eigenvalue weighted by Crippen LogP contribution is -1.83. The lowest BCUT2D eigenvalue weighted by atomic mass is 10.0. The van der Waals surface area contributed by atoms with Crippen LogP contribution in [0.2, 0.25) is 0 Å². The number of allylic oxidation sites excluding steroid dienone is 2. The van der Waals surface area contributed by atoms with Crippen molar-refractivity contribution in [2.24, 2.45) is 0 Å². The summed E-state index contributed by atoms with van der Waals surface area (Å²) in [7, 11) is 0. The third kappa shape index (κ3) is 14.3. The maximum atomic E-state index is 3.47. The molecule has 0 amide bonds. The Morgan fingerprint density at radius 1 is 0.833 bits per heavy atom. The van der Waals surface area contributed by atoms with Gasteiger partial charge in [-0.2, -0.15) is 0 Å². The van der Waals surface area contributed by atoms with Crippen molar-refractivity contribution >= 4 is 15.9 Å². The summed E-state index contributed by atoms with van der Waals surface area (Å²) in [4.78, 5) is 0. The molecule has 0 aliphatic carbocycles. The van der Waals surface area contributed by atoms with E-state index in [1.165, 1.54) is 77.0 Å². The van der Waals surface area contributed by atoms with Crippen molar-refractivity contribution in [2.45, 2.75) is 90.9 Å². The topological polar surface area (TPSA) is 0 Å². The Labute approximate surface area is 124 Å². The molecule has 0 rings (SSSR count). The first-order chi connectivity index (χ1) is 8.81. The fourth-order valence-corrected chi connectivity index (χ4v) is 2.52. The molecule has 0 saturated heterocycles. The van der Waals surface area contributed by atoms with Crippen LogP contribution in [0.15, 0.2) is 11.6 Å². The van der Waals surface area contributed by atoms with Crippen LogP contribution in [0.3, 0.4) is 0 Å². The van der Waals surface area contributed by atoms with Gasteiger partial charge in [-0.1, -0.05) is 92.3 Å². The van der Waals surface area contributed by atoms with Gasteiger partial charge in [-0.25, -0.2) is 0 Å². The van der Waals surface area contributed by atoms with Crippen molar-refractivity contribution in [1.29, 1.82) is 0 Å². The molecule has 0 aliphatic heterocycles. The van der Waals surface area contributed by atoms with Crippen LogP contribution in [0.25, 0.3) is 0 Å².